The molecule has 0 fully saturated rings. The molecule has 0 saturated heterocycles. The van der Waals surface area contributed by atoms with E-state index < -0.39 is 12.1 Å². The molecule has 0 aliphatic carbocycles. The van der Waals surface area contributed by atoms with Crippen molar-refractivity contribution in [1.82, 2.24) is 0 Å². The Hall–Kier alpha value is -1.45. The zero-order chi connectivity index (χ0) is 9.68. The van der Waals surface area contributed by atoms with Gasteiger partial charge in [-0.3, -0.25) is 0 Å². The highest BCUT2D eigenvalue weighted by Crippen LogP contribution is 2.06. The standard InChI is InChI=1S/C9H9F2NO/c10-9(11)8(12-13)6-7-4-2-1-3-5-7/h1-5,9,13H,6H2. The summed E-state index contributed by atoms with van der Waals surface area (Å²) in [4.78, 5) is 0. The number of alkyl halides is 2. The SMILES string of the molecule is ON=C(Cc1ccccc1)C(F)F. The predicted molar refractivity (Wildman–Crippen MR) is 45.4 cm³/mol. The molecule has 0 atom stereocenters. The zero-order valence-corrected chi connectivity index (χ0v) is 6.82. The Morgan fingerprint density at radius 1 is 1.31 bits per heavy atom. The van der Waals surface area contributed by atoms with Crippen LogP contribution in [0.4, 0.5) is 8.78 Å². The van der Waals surface area contributed by atoms with Gasteiger partial charge in [0.05, 0.1) is 0 Å². The van der Waals surface area contributed by atoms with Crippen LogP contribution in [0.25, 0.3) is 0 Å². The van der Waals surface area contributed by atoms with Gasteiger partial charge in [-0.05, 0) is 5.56 Å². The summed E-state index contributed by atoms with van der Waals surface area (Å²) in [5, 5.41) is 10.8. The lowest BCUT2D eigenvalue weighted by molar-refractivity contribution is 0.212. The molecule has 0 aromatic heterocycles. The van der Waals surface area contributed by atoms with Gasteiger partial charge < -0.3 is 5.21 Å². The van der Waals surface area contributed by atoms with Crippen molar-refractivity contribution < 1.29 is 14.0 Å². The Bertz CT molecular complexity index is 285. The molecule has 0 radical (unpaired) electrons. The summed E-state index contributed by atoms with van der Waals surface area (Å²) in [6, 6.07) is 8.69. The van der Waals surface area contributed by atoms with Crippen molar-refractivity contribution in [3.8, 4) is 0 Å². The average Bonchev–Trinajstić information content (AvgIpc) is 2.15. The highest BCUT2D eigenvalue weighted by Gasteiger charge is 2.13. The molecule has 4 heteroatoms. The van der Waals surface area contributed by atoms with Crippen LogP contribution >= 0.6 is 0 Å². The molecule has 1 rings (SSSR count). The number of hydrogen-bond donors (Lipinski definition) is 1. The van der Waals surface area contributed by atoms with Gasteiger partial charge in [0.25, 0.3) is 6.43 Å². The Kier molecular flexibility index (Phi) is 3.37. The summed E-state index contributed by atoms with van der Waals surface area (Å²) in [6.07, 6.45) is -2.72. The first-order valence-electron chi connectivity index (χ1n) is 3.77. The van der Waals surface area contributed by atoms with Gasteiger partial charge in [0.15, 0.2) is 0 Å². The van der Waals surface area contributed by atoms with E-state index >= 15 is 0 Å². The highest BCUT2D eigenvalue weighted by molar-refractivity contribution is 5.88. The third-order valence-corrected chi connectivity index (χ3v) is 1.61. The predicted octanol–water partition coefficient (Wildman–Crippen LogP) is 2.32. The normalized spacial score (nSPS) is 12.1. The molecule has 1 aromatic rings. The second-order valence-corrected chi connectivity index (χ2v) is 2.55. The Morgan fingerprint density at radius 2 is 1.92 bits per heavy atom. The van der Waals surface area contributed by atoms with Gasteiger partial charge in [0.1, 0.15) is 5.71 Å². The number of hydrogen-bond acceptors (Lipinski definition) is 2. The molecule has 0 heterocycles. The minimum absolute atomic E-state index is 0.0188. The van der Waals surface area contributed by atoms with Crippen LogP contribution < -0.4 is 0 Å². The van der Waals surface area contributed by atoms with E-state index in [1.807, 2.05) is 0 Å². The van der Waals surface area contributed by atoms with Crippen LogP contribution in [-0.4, -0.2) is 17.3 Å². The van der Waals surface area contributed by atoms with Crippen molar-refractivity contribution in [2.75, 3.05) is 0 Å². The molecule has 0 unspecified atom stereocenters. The monoisotopic (exact) mass is 185 g/mol. The van der Waals surface area contributed by atoms with E-state index in [9.17, 15) is 8.78 Å². The summed E-state index contributed by atoms with van der Waals surface area (Å²) in [5.41, 5.74) is 0.196. The van der Waals surface area contributed by atoms with Crippen LogP contribution in [0, 0.1) is 0 Å². The van der Waals surface area contributed by atoms with E-state index in [4.69, 9.17) is 5.21 Å². The Morgan fingerprint density at radius 3 is 2.38 bits per heavy atom. The highest BCUT2D eigenvalue weighted by atomic mass is 19.3. The third-order valence-electron chi connectivity index (χ3n) is 1.61. The van der Waals surface area contributed by atoms with Crippen LogP contribution in [0.5, 0.6) is 0 Å². The summed E-state index contributed by atoms with van der Waals surface area (Å²) in [6.45, 7) is 0. The Balaban J connectivity index is 2.69. The van der Waals surface area contributed by atoms with Gasteiger partial charge in [-0.15, -0.1) is 0 Å². The van der Waals surface area contributed by atoms with Gasteiger partial charge in [0.2, 0.25) is 0 Å². The number of oxime groups is 1. The molecule has 0 saturated carbocycles. The summed E-state index contributed by atoms with van der Waals surface area (Å²) in [7, 11) is 0. The third kappa shape index (κ3) is 2.82. The van der Waals surface area contributed by atoms with E-state index in [0.29, 0.717) is 5.56 Å². The molecule has 0 aliphatic rings. The van der Waals surface area contributed by atoms with Gasteiger partial charge >= 0.3 is 0 Å². The molecule has 0 spiro atoms. The lowest BCUT2D eigenvalue weighted by Gasteiger charge is -2.02. The van der Waals surface area contributed by atoms with Crippen LogP contribution in [0.2, 0.25) is 0 Å². The van der Waals surface area contributed by atoms with E-state index in [1.54, 1.807) is 30.3 Å². The number of benzene rings is 1. The summed E-state index contributed by atoms with van der Waals surface area (Å²) in [5.74, 6) is 0. The van der Waals surface area contributed by atoms with Crippen LogP contribution in [-0.2, 0) is 6.42 Å². The van der Waals surface area contributed by atoms with Gasteiger partial charge in [-0.1, -0.05) is 35.5 Å². The molecule has 1 aromatic carbocycles. The van der Waals surface area contributed by atoms with Gasteiger partial charge in [0, 0.05) is 6.42 Å². The molecule has 0 aliphatic heterocycles. The van der Waals surface area contributed by atoms with Crippen molar-refractivity contribution in [3.63, 3.8) is 0 Å². The maximum absolute atomic E-state index is 12.1. The maximum Gasteiger partial charge on any atom is 0.280 e. The first-order chi connectivity index (χ1) is 6.24. The average molecular weight is 185 g/mol. The van der Waals surface area contributed by atoms with E-state index in [2.05, 4.69) is 5.16 Å². The molecular formula is C9H9F2NO. The second-order valence-electron chi connectivity index (χ2n) is 2.55. The maximum atomic E-state index is 12.1. The fraction of sp³-hybridized carbons (Fsp3) is 0.222. The van der Waals surface area contributed by atoms with Crippen LogP contribution in [0.15, 0.2) is 35.5 Å². The number of halogens is 2. The van der Waals surface area contributed by atoms with E-state index in [-0.39, 0.29) is 6.42 Å². The van der Waals surface area contributed by atoms with Crippen LogP contribution in [0.1, 0.15) is 5.56 Å². The topological polar surface area (TPSA) is 32.6 Å². The summed E-state index contributed by atoms with van der Waals surface area (Å²) < 4.78 is 24.2. The fourth-order valence-electron chi connectivity index (χ4n) is 0.961. The lowest BCUT2D eigenvalue weighted by atomic mass is 10.1. The fourth-order valence-corrected chi connectivity index (χ4v) is 0.961. The quantitative estimate of drug-likeness (QED) is 0.437. The second kappa shape index (κ2) is 4.54. The summed E-state index contributed by atoms with van der Waals surface area (Å²) >= 11 is 0. The largest absolute Gasteiger partial charge is 0.411 e. The van der Waals surface area contributed by atoms with Gasteiger partial charge in [-0.25, -0.2) is 8.78 Å². The minimum atomic E-state index is -2.70. The van der Waals surface area contributed by atoms with E-state index in [1.165, 1.54) is 0 Å². The van der Waals surface area contributed by atoms with Gasteiger partial charge in [-0.2, -0.15) is 0 Å². The zero-order valence-electron chi connectivity index (χ0n) is 6.82. The molecular weight excluding hydrogens is 176 g/mol. The number of nitrogens with zero attached hydrogens (tertiary/aromatic N) is 1. The molecule has 0 amide bonds. The number of rotatable bonds is 3. The van der Waals surface area contributed by atoms with E-state index in [0.717, 1.165) is 0 Å². The molecule has 2 nitrogen and oxygen atoms in total. The molecule has 0 bridgehead atoms. The van der Waals surface area contributed by atoms with Crippen molar-refractivity contribution >= 4 is 5.71 Å². The van der Waals surface area contributed by atoms with Crippen LogP contribution in [0.3, 0.4) is 0 Å². The van der Waals surface area contributed by atoms with Crippen molar-refractivity contribution in [3.05, 3.63) is 35.9 Å². The lowest BCUT2D eigenvalue weighted by Crippen LogP contribution is -2.13. The van der Waals surface area contributed by atoms with Crippen molar-refractivity contribution in [2.24, 2.45) is 5.16 Å². The van der Waals surface area contributed by atoms with Crippen molar-refractivity contribution in [2.45, 2.75) is 12.8 Å². The first kappa shape index (κ1) is 9.64. The first-order valence-corrected chi connectivity index (χ1v) is 3.77. The molecule has 1 N–H and O–H groups in total. The smallest absolute Gasteiger partial charge is 0.280 e. The minimum Gasteiger partial charge on any atom is -0.411 e. The molecule has 13 heavy (non-hydrogen) atoms. The van der Waals surface area contributed by atoms with Crippen molar-refractivity contribution in [1.29, 1.82) is 0 Å². The molecule has 70 valence electrons. The Labute approximate surface area is 74.5 Å².